The molecule has 0 spiro atoms. The largest absolute Gasteiger partial charge is 0.469 e. The van der Waals surface area contributed by atoms with Crippen molar-refractivity contribution >= 4 is 27.5 Å². The topological polar surface area (TPSA) is 42.2 Å². The second-order valence-corrected chi connectivity index (χ2v) is 6.82. The molecule has 4 heteroatoms. The van der Waals surface area contributed by atoms with Crippen molar-refractivity contribution in [2.24, 2.45) is 0 Å². The standard InChI is InChI=1S/C17H18BrNO2/c1-4-14-11(7-8-21-14)15(18)10-5-6-13-12(9-10)17(2,3)16(20)19-13/h5-9,15H,4H2,1-3H3,(H,19,20). The summed E-state index contributed by atoms with van der Waals surface area (Å²) in [4.78, 5) is 12.1. The first-order chi connectivity index (χ1) is 9.95. The number of furan rings is 1. The Balaban J connectivity index is 2.02. The molecule has 1 N–H and O–H groups in total. The molecule has 1 aliphatic heterocycles. The van der Waals surface area contributed by atoms with Crippen LogP contribution in [0.25, 0.3) is 0 Å². The number of benzene rings is 1. The lowest BCUT2D eigenvalue weighted by atomic mass is 9.85. The van der Waals surface area contributed by atoms with E-state index in [2.05, 4.69) is 34.2 Å². The normalized spacial score (nSPS) is 17.4. The van der Waals surface area contributed by atoms with E-state index < -0.39 is 5.41 Å². The Kier molecular flexibility index (Phi) is 3.44. The van der Waals surface area contributed by atoms with Crippen molar-refractivity contribution in [1.82, 2.24) is 0 Å². The summed E-state index contributed by atoms with van der Waals surface area (Å²) in [5, 5.41) is 2.94. The summed E-state index contributed by atoms with van der Waals surface area (Å²) < 4.78 is 5.51. The number of nitrogens with one attached hydrogen (secondary N) is 1. The number of aryl methyl sites for hydroxylation is 1. The molecule has 3 rings (SSSR count). The molecule has 1 unspecified atom stereocenters. The monoisotopic (exact) mass is 347 g/mol. The minimum atomic E-state index is -0.484. The van der Waals surface area contributed by atoms with E-state index in [0.717, 1.165) is 34.6 Å². The lowest BCUT2D eigenvalue weighted by molar-refractivity contribution is -0.119. The summed E-state index contributed by atoms with van der Waals surface area (Å²) in [6.07, 6.45) is 2.59. The lowest BCUT2D eigenvalue weighted by Crippen LogP contribution is -2.26. The van der Waals surface area contributed by atoms with Crippen LogP contribution in [0.1, 0.15) is 48.0 Å². The van der Waals surface area contributed by atoms with Gasteiger partial charge in [0.15, 0.2) is 0 Å². The summed E-state index contributed by atoms with van der Waals surface area (Å²) in [6, 6.07) is 8.14. The van der Waals surface area contributed by atoms with Crippen LogP contribution in [0, 0.1) is 0 Å². The van der Waals surface area contributed by atoms with E-state index >= 15 is 0 Å². The van der Waals surface area contributed by atoms with Crippen molar-refractivity contribution in [3.05, 3.63) is 53.0 Å². The van der Waals surface area contributed by atoms with Gasteiger partial charge in [-0.2, -0.15) is 0 Å². The number of fused-ring (bicyclic) bond motifs is 1. The number of anilines is 1. The van der Waals surface area contributed by atoms with Gasteiger partial charge in [0.05, 0.1) is 16.5 Å². The number of rotatable bonds is 3. The van der Waals surface area contributed by atoms with Crippen LogP contribution < -0.4 is 5.32 Å². The molecule has 1 aliphatic rings. The molecule has 2 aromatic rings. The molecule has 0 aliphatic carbocycles. The van der Waals surface area contributed by atoms with Crippen molar-refractivity contribution < 1.29 is 9.21 Å². The molecular formula is C17H18BrNO2. The van der Waals surface area contributed by atoms with Gasteiger partial charge in [-0.1, -0.05) is 35.0 Å². The third-order valence-corrected chi connectivity index (χ3v) is 5.22. The van der Waals surface area contributed by atoms with E-state index in [4.69, 9.17) is 4.42 Å². The third-order valence-electron chi connectivity index (χ3n) is 4.20. The molecule has 110 valence electrons. The minimum Gasteiger partial charge on any atom is -0.469 e. The highest BCUT2D eigenvalue weighted by Crippen LogP contribution is 2.41. The molecule has 1 aromatic heterocycles. The van der Waals surface area contributed by atoms with Crippen LogP contribution in [0.5, 0.6) is 0 Å². The second kappa shape index (κ2) is 5.02. The number of alkyl halides is 1. The zero-order valence-corrected chi connectivity index (χ0v) is 14.0. The molecule has 3 nitrogen and oxygen atoms in total. The molecule has 0 fully saturated rings. The van der Waals surface area contributed by atoms with Gasteiger partial charge in [-0.15, -0.1) is 0 Å². The first-order valence-electron chi connectivity index (χ1n) is 7.11. The fraction of sp³-hybridized carbons (Fsp3) is 0.353. The van der Waals surface area contributed by atoms with Crippen molar-refractivity contribution in [2.75, 3.05) is 5.32 Å². The maximum Gasteiger partial charge on any atom is 0.234 e. The zero-order valence-electron chi connectivity index (χ0n) is 12.4. The fourth-order valence-corrected chi connectivity index (χ4v) is 3.48. The van der Waals surface area contributed by atoms with Crippen molar-refractivity contribution in [3.8, 4) is 0 Å². The van der Waals surface area contributed by atoms with Gasteiger partial charge in [0.25, 0.3) is 0 Å². The minimum absolute atomic E-state index is 0.0540. The molecule has 0 radical (unpaired) electrons. The van der Waals surface area contributed by atoms with E-state index in [-0.39, 0.29) is 10.7 Å². The highest BCUT2D eigenvalue weighted by Gasteiger charge is 2.38. The molecule has 1 amide bonds. The van der Waals surface area contributed by atoms with Gasteiger partial charge < -0.3 is 9.73 Å². The number of carbonyl (C=O) groups excluding carboxylic acids is 1. The van der Waals surface area contributed by atoms with Crippen LogP contribution >= 0.6 is 15.9 Å². The summed E-state index contributed by atoms with van der Waals surface area (Å²) in [5.74, 6) is 1.05. The summed E-state index contributed by atoms with van der Waals surface area (Å²) in [7, 11) is 0. The number of halogens is 1. The molecule has 21 heavy (non-hydrogen) atoms. The van der Waals surface area contributed by atoms with Crippen LogP contribution in [0.3, 0.4) is 0 Å². The van der Waals surface area contributed by atoms with Crippen LogP contribution in [0.15, 0.2) is 34.9 Å². The maximum atomic E-state index is 12.0. The number of amides is 1. The Bertz CT molecular complexity index is 703. The molecule has 1 aromatic carbocycles. The summed E-state index contributed by atoms with van der Waals surface area (Å²) in [6.45, 7) is 5.99. The second-order valence-electron chi connectivity index (χ2n) is 5.90. The fourth-order valence-electron chi connectivity index (χ4n) is 2.79. The van der Waals surface area contributed by atoms with E-state index in [1.807, 2.05) is 32.0 Å². The van der Waals surface area contributed by atoms with E-state index in [1.165, 1.54) is 0 Å². The Morgan fingerprint density at radius 2 is 2.10 bits per heavy atom. The van der Waals surface area contributed by atoms with Gasteiger partial charge in [0, 0.05) is 17.7 Å². The number of carbonyl (C=O) groups is 1. The summed E-state index contributed by atoms with van der Waals surface area (Å²) in [5.41, 5.74) is 3.76. The predicted molar refractivity (Wildman–Crippen MR) is 87.0 cm³/mol. The Hall–Kier alpha value is -1.55. The molecular weight excluding hydrogens is 330 g/mol. The highest BCUT2D eigenvalue weighted by atomic mass is 79.9. The maximum absolute atomic E-state index is 12.0. The van der Waals surface area contributed by atoms with Gasteiger partial charge in [-0.25, -0.2) is 0 Å². The molecule has 0 saturated carbocycles. The first-order valence-corrected chi connectivity index (χ1v) is 8.03. The molecule has 1 atom stereocenters. The average Bonchev–Trinajstić information content (AvgIpc) is 3.02. The average molecular weight is 348 g/mol. The van der Waals surface area contributed by atoms with Gasteiger partial charge in [-0.3, -0.25) is 4.79 Å². The third kappa shape index (κ3) is 2.22. The van der Waals surface area contributed by atoms with Crippen LogP contribution in [0.4, 0.5) is 5.69 Å². The lowest BCUT2D eigenvalue weighted by Gasteiger charge is -2.17. The zero-order chi connectivity index (χ0) is 15.2. The van der Waals surface area contributed by atoms with Gasteiger partial charge >= 0.3 is 0 Å². The summed E-state index contributed by atoms with van der Waals surface area (Å²) >= 11 is 3.76. The predicted octanol–water partition coefficient (Wildman–Crippen LogP) is 4.56. The van der Waals surface area contributed by atoms with Crippen LogP contribution in [0.2, 0.25) is 0 Å². The van der Waals surface area contributed by atoms with Crippen LogP contribution in [-0.2, 0) is 16.6 Å². The van der Waals surface area contributed by atoms with Crippen molar-refractivity contribution in [3.63, 3.8) is 0 Å². The number of hydrogen-bond donors (Lipinski definition) is 1. The van der Waals surface area contributed by atoms with E-state index in [0.29, 0.717) is 0 Å². The van der Waals surface area contributed by atoms with Crippen LogP contribution in [-0.4, -0.2) is 5.91 Å². The Morgan fingerprint density at radius 3 is 2.81 bits per heavy atom. The van der Waals surface area contributed by atoms with Gasteiger partial charge in [-0.05, 0) is 37.1 Å². The van der Waals surface area contributed by atoms with Gasteiger partial charge in [0.2, 0.25) is 5.91 Å². The number of hydrogen-bond acceptors (Lipinski definition) is 2. The van der Waals surface area contributed by atoms with E-state index in [1.54, 1.807) is 6.26 Å². The Morgan fingerprint density at radius 1 is 1.33 bits per heavy atom. The molecule has 2 heterocycles. The SMILES string of the molecule is CCc1occc1C(Br)c1ccc2c(c1)C(C)(C)C(=O)N2. The van der Waals surface area contributed by atoms with E-state index in [9.17, 15) is 4.79 Å². The molecule has 0 bridgehead atoms. The highest BCUT2D eigenvalue weighted by molar-refractivity contribution is 9.09. The van der Waals surface area contributed by atoms with Crippen molar-refractivity contribution in [1.29, 1.82) is 0 Å². The quantitative estimate of drug-likeness (QED) is 0.827. The van der Waals surface area contributed by atoms with Gasteiger partial charge in [0.1, 0.15) is 5.76 Å². The Labute approximate surface area is 132 Å². The smallest absolute Gasteiger partial charge is 0.234 e. The van der Waals surface area contributed by atoms with Crippen molar-refractivity contribution in [2.45, 2.75) is 37.4 Å². The molecule has 0 saturated heterocycles. The first kappa shape index (κ1) is 14.4.